The highest BCUT2D eigenvalue weighted by Gasteiger charge is 2.29. The van der Waals surface area contributed by atoms with Crippen LogP contribution in [0.5, 0.6) is 0 Å². The number of amides is 2. The average molecular weight is 526 g/mol. The van der Waals surface area contributed by atoms with E-state index >= 15 is 0 Å². The van der Waals surface area contributed by atoms with Gasteiger partial charge in [-0.1, -0.05) is 49.7 Å². The maximum absolute atomic E-state index is 14.3. The summed E-state index contributed by atoms with van der Waals surface area (Å²) in [6.45, 7) is 4.42. The highest BCUT2D eigenvalue weighted by atomic mass is 35.5. The summed E-state index contributed by atoms with van der Waals surface area (Å²) in [5.74, 6) is -1.19. The monoisotopic (exact) mass is 525 g/mol. The van der Waals surface area contributed by atoms with E-state index in [0.29, 0.717) is 18.0 Å². The molecule has 1 N–H and O–H groups in total. The Morgan fingerprint density at radius 2 is 1.74 bits per heavy atom. The molecule has 0 spiro atoms. The zero-order valence-electron chi connectivity index (χ0n) is 20.3. The van der Waals surface area contributed by atoms with E-state index in [-0.39, 0.29) is 43.4 Å². The van der Waals surface area contributed by atoms with Gasteiger partial charge in [-0.15, -0.1) is 0 Å². The molecule has 0 aliphatic heterocycles. The van der Waals surface area contributed by atoms with Gasteiger partial charge in [0.2, 0.25) is 21.8 Å². The zero-order valence-corrected chi connectivity index (χ0v) is 21.9. The van der Waals surface area contributed by atoms with Gasteiger partial charge in [0.1, 0.15) is 11.9 Å². The Labute approximate surface area is 212 Å². The van der Waals surface area contributed by atoms with Gasteiger partial charge in [0.05, 0.1) is 11.9 Å². The van der Waals surface area contributed by atoms with Crippen LogP contribution in [0, 0.1) is 5.82 Å². The number of hydrogen-bond acceptors (Lipinski definition) is 4. The molecule has 0 fully saturated rings. The van der Waals surface area contributed by atoms with Gasteiger partial charge < -0.3 is 10.2 Å². The summed E-state index contributed by atoms with van der Waals surface area (Å²) in [6, 6.07) is 12.0. The molecule has 0 aliphatic carbocycles. The van der Waals surface area contributed by atoms with E-state index in [1.807, 2.05) is 13.8 Å². The van der Waals surface area contributed by atoms with Gasteiger partial charge in [0, 0.05) is 31.1 Å². The first-order valence-corrected chi connectivity index (χ1v) is 13.8. The van der Waals surface area contributed by atoms with Gasteiger partial charge in [-0.2, -0.15) is 0 Å². The fourth-order valence-electron chi connectivity index (χ4n) is 3.71. The molecule has 2 amide bonds. The van der Waals surface area contributed by atoms with Crippen LogP contribution in [-0.2, 0) is 26.2 Å². The number of para-hydroxylation sites is 1. The normalized spacial score (nSPS) is 12.1. The number of halogens is 2. The third-order valence-electron chi connectivity index (χ3n) is 5.47. The number of nitrogens with one attached hydrogen (secondary N) is 1. The van der Waals surface area contributed by atoms with Gasteiger partial charge >= 0.3 is 0 Å². The number of rotatable bonds is 13. The van der Waals surface area contributed by atoms with Crippen LogP contribution >= 0.6 is 11.6 Å². The first kappa shape index (κ1) is 28.6. The van der Waals surface area contributed by atoms with Gasteiger partial charge in [-0.05, 0) is 49.1 Å². The largest absolute Gasteiger partial charge is 0.354 e. The number of hydrogen-bond donors (Lipinski definition) is 1. The summed E-state index contributed by atoms with van der Waals surface area (Å²) in [5.41, 5.74) is 0.749. The number of nitrogens with zero attached hydrogens (tertiary/aromatic N) is 2. The predicted octanol–water partition coefficient (Wildman–Crippen LogP) is 4.36. The van der Waals surface area contributed by atoms with E-state index in [2.05, 4.69) is 5.32 Å². The summed E-state index contributed by atoms with van der Waals surface area (Å²) in [6.07, 6.45) is 2.33. The van der Waals surface area contributed by atoms with Gasteiger partial charge in [-0.3, -0.25) is 13.9 Å². The van der Waals surface area contributed by atoms with E-state index in [1.54, 1.807) is 30.3 Å². The lowest BCUT2D eigenvalue weighted by molar-refractivity contribution is -0.141. The molecule has 35 heavy (non-hydrogen) atoms. The SMILES string of the molecule is CCCNC(=O)[C@H](CC)N(Cc1ccc(Cl)cc1)C(=O)CCCN(c1ccccc1F)S(C)(=O)=O. The second kappa shape index (κ2) is 13.4. The first-order valence-electron chi connectivity index (χ1n) is 11.6. The molecule has 2 rings (SSSR count). The summed E-state index contributed by atoms with van der Waals surface area (Å²) in [7, 11) is -3.76. The lowest BCUT2D eigenvalue weighted by atomic mass is 10.1. The quantitative estimate of drug-likeness (QED) is 0.421. The number of sulfonamides is 1. The molecule has 0 aliphatic rings. The Morgan fingerprint density at radius 1 is 1.09 bits per heavy atom. The minimum absolute atomic E-state index is 0.00831. The Bertz CT molecular complexity index is 1100. The molecule has 0 saturated carbocycles. The summed E-state index contributed by atoms with van der Waals surface area (Å²) in [5, 5.41) is 3.42. The van der Waals surface area contributed by atoms with Crippen molar-refractivity contribution >= 4 is 39.1 Å². The Hall–Kier alpha value is -2.65. The Morgan fingerprint density at radius 3 is 2.31 bits per heavy atom. The minimum Gasteiger partial charge on any atom is -0.354 e. The summed E-state index contributed by atoms with van der Waals surface area (Å²) >= 11 is 5.98. The first-order chi connectivity index (χ1) is 16.6. The van der Waals surface area contributed by atoms with Crippen LogP contribution < -0.4 is 9.62 Å². The van der Waals surface area contributed by atoms with Crippen LogP contribution in [0.1, 0.15) is 45.1 Å². The molecule has 1 atom stereocenters. The third kappa shape index (κ3) is 8.50. The lowest BCUT2D eigenvalue weighted by Crippen LogP contribution is -2.49. The number of carbonyl (C=O) groups excluding carboxylic acids is 2. The maximum atomic E-state index is 14.3. The fraction of sp³-hybridized carbons (Fsp3) is 0.440. The molecule has 0 saturated heterocycles. The highest BCUT2D eigenvalue weighted by Crippen LogP contribution is 2.22. The van der Waals surface area contributed by atoms with Crippen molar-refractivity contribution in [1.82, 2.24) is 10.2 Å². The average Bonchev–Trinajstić information content (AvgIpc) is 2.81. The van der Waals surface area contributed by atoms with Crippen molar-refractivity contribution in [2.45, 2.75) is 52.1 Å². The fourth-order valence-corrected chi connectivity index (χ4v) is 4.80. The third-order valence-corrected chi connectivity index (χ3v) is 6.91. The number of benzene rings is 2. The number of carbonyl (C=O) groups is 2. The van der Waals surface area contributed by atoms with Crippen molar-refractivity contribution in [3.63, 3.8) is 0 Å². The Balaban J connectivity index is 2.20. The second-order valence-electron chi connectivity index (χ2n) is 8.25. The van der Waals surface area contributed by atoms with E-state index in [1.165, 1.54) is 23.1 Å². The van der Waals surface area contributed by atoms with Crippen molar-refractivity contribution in [3.05, 3.63) is 64.9 Å². The van der Waals surface area contributed by atoms with E-state index in [4.69, 9.17) is 11.6 Å². The molecule has 2 aromatic carbocycles. The Kier molecular flexibility index (Phi) is 11.0. The van der Waals surface area contributed by atoms with E-state index < -0.39 is 21.9 Å². The standard InChI is InChI=1S/C25H33ClFN3O4S/c1-4-16-28-25(32)22(5-2)29(18-19-12-14-20(26)15-13-19)24(31)11-8-17-30(35(3,33)34)23-10-7-6-9-21(23)27/h6-7,9-10,12-15,22H,4-5,8,11,16-18H2,1-3H3,(H,28,32)/t22-/m0/s1. The molecule has 0 unspecified atom stereocenters. The number of anilines is 1. The van der Waals surface area contributed by atoms with Crippen LogP contribution in [0.25, 0.3) is 0 Å². The molecule has 7 nitrogen and oxygen atoms in total. The van der Waals surface area contributed by atoms with Gasteiger partial charge in [-0.25, -0.2) is 12.8 Å². The lowest BCUT2D eigenvalue weighted by Gasteiger charge is -2.31. The van der Waals surface area contributed by atoms with Crippen LogP contribution in [0.2, 0.25) is 5.02 Å². The van der Waals surface area contributed by atoms with Crippen molar-refractivity contribution < 1.29 is 22.4 Å². The topological polar surface area (TPSA) is 86.8 Å². The molecule has 0 radical (unpaired) electrons. The molecule has 0 bridgehead atoms. The van der Waals surface area contributed by atoms with Gasteiger partial charge in [0.15, 0.2) is 0 Å². The molecule has 0 aromatic heterocycles. The minimum atomic E-state index is -3.76. The molecular formula is C25H33ClFN3O4S. The molecule has 2 aromatic rings. The highest BCUT2D eigenvalue weighted by molar-refractivity contribution is 7.92. The van der Waals surface area contributed by atoms with E-state index in [9.17, 15) is 22.4 Å². The zero-order chi connectivity index (χ0) is 26.0. The van der Waals surface area contributed by atoms with Crippen LogP contribution in [0.15, 0.2) is 48.5 Å². The molecule has 0 heterocycles. The second-order valence-corrected chi connectivity index (χ2v) is 10.6. The van der Waals surface area contributed by atoms with E-state index in [0.717, 1.165) is 22.5 Å². The summed E-state index contributed by atoms with van der Waals surface area (Å²) < 4.78 is 39.8. The smallest absolute Gasteiger partial charge is 0.242 e. The molecule has 10 heteroatoms. The van der Waals surface area contributed by atoms with Crippen molar-refractivity contribution in [1.29, 1.82) is 0 Å². The molecule has 192 valence electrons. The van der Waals surface area contributed by atoms with Crippen LogP contribution in [0.3, 0.4) is 0 Å². The van der Waals surface area contributed by atoms with Crippen LogP contribution in [-0.4, -0.2) is 50.5 Å². The van der Waals surface area contributed by atoms with Crippen molar-refractivity contribution in [2.24, 2.45) is 0 Å². The summed E-state index contributed by atoms with van der Waals surface area (Å²) in [4.78, 5) is 27.6. The van der Waals surface area contributed by atoms with Gasteiger partial charge in [0.25, 0.3) is 0 Å². The molecular weight excluding hydrogens is 493 g/mol. The van der Waals surface area contributed by atoms with Crippen LogP contribution in [0.4, 0.5) is 10.1 Å². The maximum Gasteiger partial charge on any atom is 0.242 e. The predicted molar refractivity (Wildman–Crippen MR) is 137 cm³/mol. The van der Waals surface area contributed by atoms with Crippen molar-refractivity contribution in [3.8, 4) is 0 Å². The van der Waals surface area contributed by atoms with Crippen molar-refractivity contribution in [2.75, 3.05) is 23.7 Å².